The highest BCUT2D eigenvalue weighted by atomic mass is 16.5. The van der Waals surface area contributed by atoms with Crippen LogP contribution in [0.5, 0.6) is 0 Å². The van der Waals surface area contributed by atoms with E-state index in [2.05, 4.69) is 15.6 Å². The Bertz CT molecular complexity index is 1260. The minimum absolute atomic E-state index is 0.0283. The molecule has 4 rings (SSSR count). The van der Waals surface area contributed by atoms with Gasteiger partial charge in [-0.1, -0.05) is 24.3 Å². The van der Waals surface area contributed by atoms with Crippen LogP contribution in [0.1, 0.15) is 28.4 Å². The quantitative estimate of drug-likeness (QED) is 0.337. The second kappa shape index (κ2) is 10.0. The maximum Gasteiger partial charge on any atom is 0.325 e. The largest absolute Gasteiger partial charge is 0.465 e. The number of furan rings is 1. The number of carbonyl (C=O) groups is 2. The zero-order valence-corrected chi connectivity index (χ0v) is 18.2. The lowest BCUT2D eigenvalue weighted by Gasteiger charge is -2.09. The molecule has 4 N–H and O–H groups in total. The van der Waals surface area contributed by atoms with Gasteiger partial charge in [0.25, 0.3) is 5.91 Å². The maximum absolute atomic E-state index is 12.8. The molecule has 9 heteroatoms. The van der Waals surface area contributed by atoms with Crippen molar-refractivity contribution in [3.05, 3.63) is 77.7 Å². The Kier molecular flexibility index (Phi) is 6.70. The van der Waals surface area contributed by atoms with Crippen molar-refractivity contribution in [2.24, 2.45) is 5.73 Å². The summed E-state index contributed by atoms with van der Waals surface area (Å²) < 4.78 is 12.3. The third-order valence-electron chi connectivity index (χ3n) is 5.03. The molecule has 3 aromatic heterocycles. The van der Waals surface area contributed by atoms with E-state index in [1.165, 1.54) is 0 Å². The molecule has 33 heavy (non-hydrogen) atoms. The lowest BCUT2D eigenvalue weighted by Crippen LogP contribution is -2.23. The van der Waals surface area contributed by atoms with E-state index in [0.29, 0.717) is 48.2 Å². The molecule has 0 spiro atoms. The first-order chi connectivity index (χ1) is 16.1. The first-order valence-electron chi connectivity index (χ1n) is 10.6. The monoisotopic (exact) mass is 447 g/mol. The van der Waals surface area contributed by atoms with Crippen molar-refractivity contribution >= 4 is 23.3 Å². The predicted molar refractivity (Wildman–Crippen MR) is 124 cm³/mol. The highest BCUT2D eigenvalue weighted by Crippen LogP contribution is 2.29. The number of hydrogen-bond acceptors (Lipinski definition) is 7. The Morgan fingerprint density at radius 1 is 1.15 bits per heavy atom. The number of anilines is 1. The molecule has 0 radical (unpaired) electrons. The molecule has 1 amide bonds. The maximum atomic E-state index is 12.8. The number of nitrogens with zero attached hydrogens (tertiary/aromatic N) is 2. The van der Waals surface area contributed by atoms with Crippen molar-refractivity contribution in [1.82, 2.24) is 14.7 Å². The van der Waals surface area contributed by atoms with Crippen LogP contribution in [0.2, 0.25) is 0 Å². The van der Waals surface area contributed by atoms with E-state index in [1.54, 1.807) is 48.0 Å². The number of ether oxygens (including phenoxy) is 1. The Labute approximate surface area is 190 Å². The number of nitrogens with one attached hydrogen (secondary N) is 2. The average Bonchev–Trinajstić information content (AvgIpc) is 3.49. The number of imidazole rings is 1. The van der Waals surface area contributed by atoms with E-state index < -0.39 is 0 Å². The number of fused-ring (bicyclic) bond motifs is 1. The van der Waals surface area contributed by atoms with Crippen LogP contribution in [0.4, 0.5) is 5.82 Å². The van der Waals surface area contributed by atoms with E-state index in [9.17, 15) is 9.59 Å². The van der Waals surface area contributed by atoms with Gasteiger partial charge in [0.15, 0.2) is 5.76 Å². The van der Waals surface area contributed by atoms with Gasteiger partial charge in [-0.25, -0.2) is 4.98 Å². The lowest BCUT2D eigenvalue weighted by atomic mass is 10.1. The number of nitrogens with two attached hydrogens (primary N) is 1. The first kappa shape index (κ1) is 22.1. The van der Waals surface area contributed by atoms with E-state index in [-0.39, 0.29) is 18.4 Å². The molecule has 0 fully saturated rings. The number of hydrogen-bond donors (Lipinski definition) is 3. The van der Waals surface area contributed by atoms with Crippen LogP contribution in [0.15, 0.2) is 65.4 Å². The summed E-state index contributed by atoms with van der Waals surface area (Å²) in [6.07, 6.45) is 3.28. The number of aromatic nitrogens is 2. The number of rotatable bonds is 9. The van der Waals surface area contributed by atoms with E-state index in [4.69, 9.17) is 14.9 Å². The van der Waals surface area contributed by atoms with Crippen LogP contribution in [0, 0.1) is 0 Å². The van der Waals surface area contributed by atoms with Gasteiger partial charge in [-0.3, -0.25) is 14.0 Å². The summed E-state index contributed by atoms with van der Waals surface area (Å²) in [5.74, 6) is 0.501. The van der Waals surface area contributed by atoms with Gasteiger partial charge < -0.3 is 25.5 Å². The van der Waals surface area contributed by atoms with E-state index in [1.807, 2.05) is 24.3 Å². The van der Waals surface area contributed by atoms with E-state index >= 15 is 0 Å². The molecule has 0 saturated heterocycles. The molecule has 0 bridgehead atoms. The molecule has 0 aliphatic carbocycles. The van der Waals surface area contributed by atoms with Crippen LogP contribution < -0.4 is 16.4 Å². The fourth-order valence-corrected chi connectivity index (χ4v) is 3.46. The van der Waals surface area contributed by atoms with Crippen LogP contribution in [-0.4, -0.2) is 34.4 Å². The van der Waals surface area contributed by atoms with Crippen molar-refractivity contribution in [3.63, 3.8) is 0 Å². The van der Waals surface area contributed by atoms with Gasteiger partial charge in [-0.15, -0.1) is 0 Å². The average molecular weight is 447 g/mol. The van der Waals surface area contributed by atoms with Gasteiger partial charge >= 0.3 is 5.97 Å². The summed E-state index contributed by atoms with van der Waals surface area (Å²) in [6, 6.07) is 14.7. The predicted octanol–water partition coefficient (Wildman–Crippen LogP) is 2.96. The Hall–Kier alpha value is -4.11. The topological polar surface area (TPSA) is 124 Å². The normalized spacial score (nSPS) is 10.8. The standard InChI is InChI=1S/C24H25N5O4/c1-2-32-21(30)15-26-23-22(19-7-4-10-33-19)28-20-12-18(8-9-29(20)23)24(31)27-14-17-6-3-5-16(11-17)13-25/h3-12,26H,2,13-15,25H2,1H3,(H,27,31). The summed E-state index contributed by atoms with van der Waals surface area (Å²) >= 11 is 0. The molecule has 170 valence electrons. The Morgan fingerprint density at radius 2 is 2.00 bits per heavy atom. The van der Waals surface area contributed by atoms with Crippen molar-refractivity contribution in [2.75, 3.05) is 18.5 Å². The summed E-state index contributed by atoms with van der Waals surface area (Å²) in [4.78, 5) is 29.2. The molecule has 0 unspecified atom stereocenters. The zero-order valence-electron chi connectivity index (χ0n) is 18.2. The number of amides is 1. The molecule has 0 atom stereocenters. The van der Waals surface area contributed by atoms with Crippen molar-refractivity contribution in [1.29, 1.82) is 0 Å². The molecule has 1 aromatic carbocycles. The second-order valence-electron chi connectivity index (χ2n) is 7.30. The van der Waals surface area contributed by atoms with Crippen molar-refractivity contribution in [3.8, 4) is 11.5 Å². The molecule has 9 nitrogen and oxygen atoms in total. The lowest BCUT2D eigenvalue weighted by molar-refractivity contribution is -0.140. The van der Waals surface area contributed by atoms with Crippen LogP contribution in [-0.2, 0) is 22.6 Å². The van der Waals surface area contributed by atoms with Gasteiger partial charge in [0.05, 0.1) is 12.9 Å². The molecular formula is C24H25N5O4. The Balaban J connectivity index is 1.57. The number of pyridine rings is 1. The summed E-state index contributed by atoms with van der Waals surface area (Å²) in [6.45, 7) is 2.86. The highest BCUT2D eigenvalue weighted by Gasteiger charge is 2.18. The third-order valence-corrected chi connectivity index (χ3v) is 5.03. The number of esters is 1. The molecule has 4 aromatic rings. The molecule has 0 aliphatic rings. The van der Waals surface area contributed by atoms with Crippen LogP contribution in [0.25, 0.3) is 17.1 Å². The highest BCUT2D eigenvalue weighted by molar-refractivity contribution is 5.95. The molecular weight excluding hydrogens is 422 g/mol. The van der Waals surface area contributed by atoms with Crippen LogP contribution >= 0.6 is 0 Å². The fraction of sp³-hybridized carbons (Fsp3) is 0.208. The second-order valence-corrected chi connectivity index (χ2v) is 7.30. The molecule has 0 aliphatic heterocycles. The first-order valence-corrected chi connectivity index (χ1v) is 10.6. The minimum Gasteiger partial charge on any atom is -0.465 e. The summed E-state index contributed by atoms with van der Waals surface area (Å²) in [7, 11) is 0. The van der Waals surface area contributed by atoms with Gasteiger partial charge in [0.2, 0.25) is 0 Å². The van der Waals surface area contributed by atoms with Gasteiger partial charge in [0.1, 0.15) is 23.7 Å². The molecule has 0 saturated carbocycles. The minimum atomic E-state index is -0.382. The van der Waals surface area contributed by atoms with Gasteiger partial charge in [-0.2, -0.15) is 0 Å². The van der Waals surface area contributed by atoms with Gasteiger partial charge in [-0.05, 0) is 42.3 Å². The number of carbonyl (C=O) groups excluding carboxylic acids is 2. The molecule has 3 heterocycles. The third kappa shape index (κ3) is 5.04. The zero-order chi connectivity index (χ0) is 23.2. The van der Waals surface area contributed by atoms with Crippen molar-refractivity contribution < 1.29 is 18.7 Å². The van der Waals surface area contributed by atoms with Crippen molar-refractivity contribution in [2.45, 2.75) is 20.0 Å². The Morgan fingerprint density at radius 3 is 2.76 bits per heavy atom. The summed E-state index contributed by atoms with van der Waals surface area (Å²) in [5.41, 5.74) is 9.19. The SMILES string of the molecule is CCOC(=O)CNc1c(-c2ccco2)nc2cc(C(=O)NCc3cccc(CN)c3)ccn12. The van der Waals surface area contributed by atoms with E-state index in [0.717, 1.165) is 11.1 Å². The number of benzene rings is 1. The summed E-state index contributed by atoms with van der Waals surface area (Å²) in [5, 5.41) is 5.99. The van der Waals surface area contributed by atoms with Crippen LogP contribution in [0.3, 0.4) is 0 Å². The fourth-order valence-electron chi connectivity index (χ4n) is 3.46. The smallest absolute Gasteiger partial charge is 0.325 e. The van der Waals surface area contributed by atoms with Gasteiger partial charge in [0, 0.05) is 24.8 Å².